The normalized spacial score (nSPS) is 15.5. The Hall–Kier alpha value is -2.44. The van der Waals surface area contributed by atoms with E-state index in [1.54, 1.807) is 32.2 Å². The summed E-state index contributed by atoms with van der Waals surface area (Å²) in [6.07, 6.45) is 1.60. The number of esters is 2. The molecule has 2 rings (SSSR count). The molecule has 0 spiro atoms. The van der Waals surface area contributed by atoms with Crippen molar-refractivity contribution < 1.29 is 23.9 Å². The van der Waals surface area contributed by atoms with Crippen LogP contribution < -0.4 is 0 Å². The summed E-state index contributed by atoms with van der Waals surface area (Å²) in [6, 6.07) is 3.51. The summed E-state index contributed by atoms with van der Waals surface area (Å²) >= 11 is 0. The van der Waals surface area contributed by atoms with Crippen molar-refractivity contribution in [2.75, 3.05) is 13.2 Å². The van der Waals surface area contributed by atoms with Crippen LogP contribution >= 0.6 is 0 Å². The van der Waals surface area contributed by atoms with Crippen LogP contribution in [0.1, 0.15) is 32.0 Å². The number of hydrogen-bond donors (Lipinski definition) is 0. The van der Waals surface area contributed by atoms with Gasteiger partial charge < -0.3 is 14.4 Å². The first kappa shape index (κ1) is 16.9. The van der Waals surface area contributed by atoms with Crippen molar-refractivity contribution in [3.63, 3.8) is 0 Å². The lowest BCUT2D eigenvalue weighted by Gasteiger charge is -2.42. The molecule has 0 saturated heterocycles. The molecule has 23 heavy (non-hydrogen) atoms. The highest BCUT2D eigenvalue weighted by Gasteiger charge is 2.57. The smallest absolute Gasteiger partial charge is 0.344 e. The molecule has 1 aromatic heterocycles. The Morgan fingerprint density at radius 1 is 1.22 bits per heavy atom. The number of carbonyl (C=O) groups excluding carboxylic acids is 3. The van der Waals surface area contributed by atoms with Crippen molar-refractivity contribution in [2.45, 2.75) is 39.3 Å². The standard InChI is InChI=1S/C16H20N2O5/c1-4-22-14(20)16(15(21)23-5-2)9-12-7-6-8-17-13(12)10-18(16)11(3)19/h6-8H,4-5,9-10H2,1-3H3. The van der Waals surface area contributed by atoms with E-state index >= 15 is 0 Å². The second kappa shape index (κ2) is 6.76. The Bertz CT molecular complexity index is 611. The van der Waals surface area contributed by atoms with Crippen molar-refractivity contribution in [1.82, 2.24) is 9.88 Å². The summed E-state index contributed by atoms with van der Waals surface area (Å²) < 4.78 is 10.2. The zero-order valence-corrected chi connectivity index (χ0v) is 13.5. The highest BCUT2D eigenvalue weighted by molar-refractivity contribution is 6.08. The van der Waals surface area contributed by atoms with E-state index in [4.69, 9.17) is 9.47 Å². The first-order valence-electron chi connectivity index (χ1n) is 7.52. The number of aromatic nitrogens is 1. The third-order valence-corrected chi connectivity index (χ3v) is 3.81. The SMILES string of the molecule is CCOC(=O)C1(C(=O)OCC)Cc2cccnc2CN1C(C)=O. The summed E-state index contributed by atoms with van der Waals surface area (Å²) in [7, 11) is 0. The first-order chi connectivity index (χ1) is 11.0. The molecule has 1 aliphatic rings. The van der Waals surface area contributed by atoms with Gasteiger partial charge in [0.25, 0.3) is 0 Å². The Balaban J connectivity index is 2.58. The van der Waals surface area contributed by atoms with Crippen LogP contribution in [0.4, 0.5) is 0 Å². The predicted octanol–water partition coefficient (Wildman–Crippen LogP) is 0.851. The van der Waals surface area contributed by atoms with Crippen LogP contribution in [0.3, 0.4) is 0 Å². The van der Waals surface area contributed by atoms with E-state index in [1.807, 2.05) is 0 Å². The molecule has 0 saturated carbocycles. The quantitative estimate of drug-likeness (QED) is 0.604. The molecule has 2 heterocycles. The number of hydrogen-bond acceptors (Lipinski definition) is 6. The maximum Gasteiger partial charge on any atom is 0.344 e. The minimum atomic E-state index is -1.80. The van der Waals surface area contributed by atoms with Gasteiger partial charge >= 0.3 is 11.9 Å². The molecule has 0 atom stereocenters. The molecule has 1 amide bonds. The number of pyridine rings is 1. The third-order valence-electron chi connectivity index (χ3n) is 3.81. The molecular formula is C16H20N2O5. The minimum Gasteiger partial charge on any atom is -0.464 e. The van der Waals surface area contributed by atoms with Crippen molar-refractivity contribution >= 4 is 17.8 Å². The van der Waals surface area contributed by atoms with Gasteiger partial charge in [-0.05, 0) is 25.5 Å². The number of fused-ring (bicyclic) bond motifs is 1. The van der Waals surface area contributed by atoms with Crippen LogP contribution in [-0.2, 0) is 36.8 Å². The van der Waals surface area contributed by atoms with Gasteiger partial charge in [-0.2, -0.15) is 0 Å². The van der Waals surface area contributed by atoms with E-state index in [9.17, 15) is 14.4 Å². The van der Waals surface area contributed by atoms with Gasteiger partial charge in [0.2, 0.25) is 11.4 Å². The summed E-state index contributed by atoms with van der Waals surface area (Å²) in [6.45, 7) is 4.86. The zero-order valence-electron chi connectivity index (χ0n) is 13.5. The van der Waals surface area contributed by atoms with E-state index in [1.165, 1.54) is 11.8 Å². The van der Waals surface area contributed by atoms with Gasteiger partial charge in [-0.15, -0.1) is 0 Å². The van der Waals surface area contributed by atoms with Crippen LogP contribution in [0, 0.1) is 0 Å². The largest absolute Gasteiger partial charge is 0.464 e. The fraction of sp³-hybridized carbons (Fsp3) is 0.500. The molecule has 1 aromatic rings. The maximum absolute atomic E-state index is 12.6. The number of carbonyl (C=O) groups is 3. The highest BCUT2D eigenvalue weighted by atomic mass is 16.6. The van der Waals surface area contributed by atoms with Gasteiger partial charge in [0, 0.05) is 19.5 Å². The molecule has 0 bridgehead atoms. The van der Waals surface area contributed by atoms with E-state index < -0.39 is 23.4 Å². The Kier molecular flexibility index (Phi) is 4.98. The zero-order chi connectivity index (χ0) is 17.0. The summed E-state index contributed by atoms with van der Waals surface area (Å²) in [5.41, 5.74) is -0.411. The molecule has 0 radical (unpaired) electrons. The predicted molar refractivity (Wildman–Crippen MR) is 80.2 cm³/mol. The van der Waals surface area contributed by atoms with Crippen molar-refractivity contribution in [3.05, 3.63) is 29.6 Å². The van der Waals surface area contributed by atoms with Crippen molar-refractivity contribution in [3.8, 4) is 0 Å². The van der Waals surface area contributed by atoms with E-state index in [0.717, 1.165) is 5.56 Å². The lowest BCUT2D eigenvalue weighted by Crippen LogP contribution is -2.65. The molecule has 124 valence electrons. The molecule has 0 N–H and O–H groups in total. The van der Waals surface area contributed by atoms with Gasteiger partial charge in [0.05, 0.1) is 25.5 Å². The second-order valence-corrected chi connectivity index (χ2v) is 5.19. The first-order valence-corrected chi connectivity index (χ1v) is 7.52. The molecule has 0 fully saturated rings. The fourth-order valence-corrected chi connectivity index (χ4v) is 2.76. The number of nitrogens with zero attached hydrogens (tertiary/aromatic N) is 2. The monoisotopic (exact) mass is 320 g/mol. The topological polar surface area (TPSA) is 85.8 Å². The van der Waals surface area contributed by atoms with Gasteiger partial charge in [0.15, 0.2) is 0 Å². The van der Waals surface area contributed by atoms with E-state index in [2.05, 4.69) is 4.98 Å². The summed E-state index contributed by atoms with van der Waals surface area (Å²) in [5.74, 6) is -1.96. The molecule has 0 unspecified atom stereocenters. The fourth-order valence-electron chi connectivity index (χ4n) is 2.76. The molecule has 0 aliphatic carbocycles. The van der Waals surface area contributed by atoms with Gasteiger partial charge in [-0.25, -0.2) is 9.59 Å². The number of ether oxygens (including phenoxy) is 2. The molecule has 0 aromatic carbocycles. The Morgan fingerprint density at radius 3 is 2.35 bits per heavy atom. The Morgan fingerprint density at radius 2 is 1.83 bits per heavy atom. The number of rotatable bonds is 4. The lowest BCUT2D eigenvalue weighted by atomic mass is 9.84. The van der Waals surface area contributed by atoms with E-state index in [0.29, 0.717) is 5.69 Å². The third kappa shape index (κ3) is 2.91. The van der Waals surface area contributed by atoms with Crippen LogP contribution in [0.25, 0.3) is 0 Å². The molecule has 7 nitrogen and oxygen atoms in total. The average Bonchev–Trinajstić information content (AvgIpc) is 2.53. The van der Waals surface area contributed by atoms with Crippen LogP contribution in [0.15, 0.2) is 18.3 Å². The lowest BCUT2D eigenvalue weighted by molar-refractivity contribution is -0.180. The van der Waals surface area contributed by atoms with E-state index in [-0.39, 0.29) is 26.2 Å². The summed E-state index contributed by atoms with van der Waals surface area (Å²) in [5, 5.41) is 0. The van der Waals surface area contributed by atoms with Gasteiger partial charge in [0.1, 0.15) is 0 Å². The molecular weight excluding hydrogens is 300 g/mol. The highest BCUT2D eigenvalue weighted by Crippen LogP contribution is 2.33. The molecule has 7 heteroatoms. The van der Waals surface area contributed by atoms with Gasteiger partial charge in [-0.3, -0.25) is 9.78 Å². The van der Waals surface area contributed by atoms with Gasteiger partial charge in [-0.1, -0.05) is 6.07 Å². The van der Waals surface area contributed by atoms with Crippen molar-refractivity contribution in [1.29, 1.82) is 0 Å². The van der Waals surface area contributed by atoms with Crippen LogP contribution in [0.5, 0.6) is 0 Å². The maximum atomic E-state index is 12.6. The van der Waals surface area contributed by atoms with Crippen molar-refractivity contribution in [2.24, 2.45) is 0 Å². The summed E-state index contributed by atoms with van der Waals surface area (Å²) in [4.78, 5) is 42.8. The van der Waals surface area contributed by atoms with Crippen LogP contribution in [-0.4, -0.2) is 46.5 Å². The Labute approximate surface area is 134 Å². The second-order valence-electron chi connectivity index (χ2n) is 5.19. The minimum absolute atomic E-state index is 0.00653. The number of amides is 1. The molecule has 1 aliphatic heterocycles. The average molecular weight is 320 g/mol. The van der Waals surface area contributed by atoms with Crippen LogP contribution in [0.2, 0.25) is 0 Å².